The summed E-state index contributed by atoms with van der Waals surface area (Å²) in [5.41, 5.74) is 2.16. The highest BCUT2D eigenvalue weighted by Gasteiger charge is 2.18. The summed E-state index contributed by atoms with van der Waals surface area (Å²) in [6.45, 7) is 2.07. The summed E-state index contributed by atoms with van der Waals surface area (Å²) in [6.07, 6.45) is 4.39. The maximum atomic E-state index is 12.2. The molecule has 1 amide bonds. The lowest BCUT2D eigenvalue weighted by atomic mass is 10.2. The van der Waals surface area contributed by atoms with Gasteiger partial charge in [0, 0.05) is 42.6 Å². The van der Waals surface area contributed by atoms with Crippen molar-refractivity contribution in [3.05, 3.63) is 58.9 Å². The molecule has 0 aliphatic rings. The lowest BCUT2D eigenvalue weighted by molar-refractivity contribution is -0.116. The molecule has 25 heavy (non-hydrogen) atoms. The van der Waals surface area contributed by atoms with Gasteiger partial charge in [-0.15, -0.1) is 0 Å². The molecule has 0 spiro atoms. The number of aromatic nitrogens is 1. The van der Waals surface area contributed by atoms with E-state index in [1.54, 1.807) is 42.7 Å². The van der Waals surface area contributed by atoms with Crippen LogP contribution in [0.5, 0.6) is 0 Å². The molecule has 0 atom stereocenters. The Morgan fingerprint density at radius 3 is 2.68 bits per heavy atom. The molecular formula is C17H20ClN3O3S. The number of hydrogen-bond acceptors (Lipinski definition) is 4. The first kappa shape index (κ1) is 19.4. The average molecular weight is 382 g/mol. The van der Waals surface area contributed by atoms with Gasteiger partial charge in [-0.2, -0.15) is 4.31 Å². The second-order valence-corrected chi connectivity index (χ2v) is 8.06. The number of nitrogens with zero attached hydrogens (tertiary/aromatic N) is 2. The third-order valence-electron chi connectivity index (χ3n) is 3.68. The van der Waals surface area contributed by atoms with Crippen LogP contribution in [0.25, 0.3) is 0 Å². The zero-order valence-electron chi connectivity index (χ0n) is 14.1. The van der Waals surface area contributed by atoms with Gasteiger partial charge in [0.2, 0.25) is 15.9 Å². The maximum Gasteiger partial charge on any atom is 0.225 e. The van der Waals surface area contributed by atoms with Crippen LogP contribution in [0.1, 0.15) is 17.5 Å². The molecule has 2 aromatic rings. The fourth-order valence-electron chi connectivity index (χ4n) is 2.24. The van der Waals surface area contributed by atoms with E-state index in [9.17, 15) is 13.2 Å². The van der Waals surface area contributed by atoms with Crippen LogP contribution in [-0.4, -0.2) is 36.4 Å². The molecule has 0 aliphatic heterocycles. The Labute approximate surface area is 152 Å². The van der Waals surface area contributed by atoms with Crippen molar-refractivity contribution < 1.29 is 13.2 Å². The van der Waals surface area contributed by atoms with E-state index in [1.807, 2.05) is 6.92 Å². The normalized spacial score (nSPS) is 11.5. The molecule has 0 radical (unpaired) electrons. The Bertz CT molecular complexity index is 841. The second-order valence-electron chi connectivity index (χ2n) is 5.67. The van der Waals surface area contributed by atoms with Crippen molar-refractivity contribution in [1.82, 2.24) is 9.29 Å². The first-order valence-corrected chi connectivity index (χ1v) is 9.89. The van der Waals surface area contributed by atoms with Crippen LogP contribution in [0.4, 0.5) is 5.69 Å². The number of carbonyl (C=O) groups is 1. The molecule has 0 saturated heterocycles. The summed E-state index contributed by atoms with van der Waals surface area (Å²) in [5, 5.41) is 3.33. The second kappa shape index (κ2) is 8.42. The number of pyridine rings is 1. The predicted octanol–water partition coefficient (Wildman–Crippen LogP) is 2.83. The summed E-state index contributed by atoms with van der Waals surface area (Å²) in [5.74, 6) is -0.273. The first-order valence-electron chi connectivity index (χ1n) is 7.66. The molecule has 1 heterocycles. The van der Waals surface area contributed by atoms with Gasteiger partial charge in [-0.25, -0.2) is 8.42 Å². The smallest absolute Gasteiger partial charge is 0.225 e. The minimum absolute atomic E-state index is 0.0410. The monoisotopic (exact) mass is 381 g/mol. The summed E-state index contributed by atoms with van der Waals surface area (Å²) >= 11 is 6.03. The summed E-state index contributed by atoms with van der Waals surface area (Å²) in [6, 6.07) is 8.77. The van der Waals surface area contributed by atoms with Crippen LogP contribution in [0, 0.1) is 6.92 Å². The van der Waals surface area contributed by atoms with Gasteiger partial charge in [-0.3, -0.25) is 9.78 Å². The van der Waals surface area contributed by atoms with Crippen molar-refractivity contribution in [3.63, 3.8) is 0 Å². The Hall–Kier alpha value is -1.96. The number of halogens is 1. The lowest BCUT2D eigenvalue weighted by Gasteiger charge is -2.19. The maximum absolute atomic E-state index is 12.2. The van der Waals surface area contributed by atoms with Crippen molar-refractivity contribution in [2.75, 3.05) is 18.1 Å². The molecule has 0 unspecified atom stereocenters. The van der Waals surface area contributed by atoms with Gasteiger partial charge >= 0.3 is 0 Å². The number of rotatable bonds is 7. The zero-order chi connectivity index (χ0) is 18.4. The minimum Gasteiger partial charge on any atom is -0.326 e. The topological polar surface area (TPSA) is 79.4 Å². The van der Waals surface area contributed by atoms with Gasteiger partial charge in [0.25, 0.3) is 0 Å². The zero-order valence-corrected chi connectivity index (χ0v) is 15.6. The molecule has 1 aromatic carbocycles. The number of anilines is 1. The fourth-order valence-corrected chi connectivity index (χ4v) is 3.22. The van der Waals surface area contributed by atoms with E-state index in [2.05, 4.69) is 10.3 Å². The van der Waals surface area contributed by atoms with Crippen molar-refractivity contribution in [2.24, 2.45) is 0 Å². The number of sulfonamides is 1. The fraction of sp³-hybridized carbons (Fsp3) is 0.294. The molecule has 2 rings (SSSR count). The average Bonchev–Trinajstić information content (AvgIpc) is 2.55. The molecule has 0 bridgehead atoms. The summed E-state index contributed by atoms with van der Waals surface area (Å²) in [7, 11) is -3.44. The minimum atomic E-state index is -3.44. The largest absolute Gasteiger partial charge is 0.326 e. The summed E-state index contributed by atoms with van der Waals surface area (Å²) < 4.78 is 25.2. The van der Waals surface area contributed by atoms with Gasteiger partial charge in [-0.1, -0.05) is 23.7 Å². The van der Waals surface area contributed by atoms with E-state index in [4.69, 9.17) is 11.6 Å². The Morgan fingerprint density at radius 1 is 1.28 bits per heavy atom. The lowest BCUT2D eigenvalue weighted by Crippen LogP contribution is -2.32. The number of carbonyl (C=O) groups excluding carboxylic acids is 1. The van der Waals surface area contributed by atoms with E-state index in [1.165, 1.54) is 4.31 Å². The van der Waals surface area contributed by atoms with E-state index >= 15 is 0 Å². The van der Waals surface area contributed by atoms with Crippen molar-refractivity contribution in [1.29, 1.82) is 0 Å². The molecule has 0 fully saturated rings. The molecule has 6 nitrogen and oxygen atoms in total. The molecule has 0 aliphatic carbocycles. The van der Waals surface area contributed by atoms with E-state index in [0.717, 1.165) is 17.4 Å². The van der Waals surface area contributed by atoms with Gasteiger partial charge in [0.15, 0.2) is 0 Å². The van der Waals surface area contributed by atoms with Crippen molar-refractivity contribution in [3.8, 4) is 0 Å². The summed E-state index contributed by atoms with van der Waals surface area (Å²) in [4.78, 5) is 16.1. The highest BCUT2D eigenvalue weighted by molar-refractivity contribution is 7.88. The Balaban J connectivity index is 2.00. The Kier molecular flexibility index (Phi) is 6.52. The highest BCUT2D eigenvalue weighted by atomic mass is 35.5. The van der Waals surface area contributed by atoms with Crippen LogP contribution in [0.3, 0.4) is 0 Å². The standard InChI is InChI=1S/C17H20ClN3O3S/c1-13-15(18)6-3-7-16(13)20-17(22)8-10-21(25(2,23)24)12-14-5-4-9-19-11-14/h3-7,9,11H,8,10,12H2,1-2H3,(H,20,22). The van der Waals surface area contributed by atoms with Crippen LogP contribution < -0.4 is 5.32 Å². The van der Waals surface area contributed by atoms with Gasteiger partial charge in [0.05, 0.1) is 6.26 Å². The SMILES string of the molecule is Cc1c(Cl)cccc1NC(=O)CCN(Cc1cccnc1)S(C)(=O)=O. The third-order valence-corrected chi connectivity index (χ3v) is 5.34. The first-order chi connectivity index (χ1) is 11.8. The van der Waals surface area contributed by atoms with Gasteiger partial charge in [0.1, 0.15) is 0 Å². The van der Waals surface area contributed by atoms with E-state index < -0.39 is 10.0 Å². The molecule has 1 N–H and O–H groups in total. The van der Waals surface area contributed by atoms with Gasteiger partial charge in [-0.05, 0) is 36.2 Å². The molecule has 0 saturated carbocycles. The number of nitrogens with one attached hydrogen (secondary N) is 1. The van der Waals surface area contributed by atoms with Crippen LogP contribution in [0.2, 0.25) is 5.02 Å². The molecular weight excluding hydrogens is 362 g/mol. The van der Waals surface area contributed by atoms with E-state index in [0.29, 0.717) is 10.7 Å². The molecule has 1 aromatic heterocycles. The van der Waals surface area contributed by atoms with Crippen molar-refractivity contribution in [2.45, 2.75) is 19.9 Å². The van der Waals surface area contributed by atoms with Crippen LogP contribution in [0.15, 0.2) is 42.7 Å². The Morgan fingerprint density at radius 2 is 2.04 bits per heavy atom. The predicted molar refractivity (Wildman–Crippen MR) is 98.9 cm³/mol. The molecule has 134 valence electrons. The van der Waals surface area contributed by atoms with Crippen molar-refractivity contribution >= 4 is 33.2 Å². The van der Waals surface area contributed by atoms with E-state index in [-0.39, 0.29) is 25.4 Å². The molecule has 8 heteroatoms. The number of benzene rings is 1. The number of hydrogen-bond donors (Lipinski definition) is 1. The number of amides is 1. The van der Waals surface area contributed by atoms with Gasteiger partial charge < -0.3 is 5.32 Å². The third kappa shape index (κ3) is 5.81. The van der Waals surface area contributed by atoms with Crippen LogP contribution >= 0.6 is 11.6 Å². The quantitative estimate of drug-likeness (QED) is 0.799. The highest BCUT2D eigenvalue weighted by Crippen LogP contribution is 2.23. The van der Waals surface area contributed by atoms with Crippen LogP contribution in [-0.2, 0) is 21.4 Å².